The van der Waals surface area contributed by atoms with Crippen LogP contribution in [0.15, 0.2) is 48.8 Å². The first-order chi connectivity index (χ1) is 11.5. The average Bonchev–Trinajstić information content (AvgIpc) is 3.19. The lowest BCUT2D eigenvalue weighted by atomic mass is 10.2. The van der Waals surface area contributed by atoms with Crippen molar-refractivity contribution in [2.75, 3.05) is 0 Å². The van der Waals surface area contributed by atoms with Crippen LogP contribution in [0.2, 0.25) is 5.02 Å². The number of halogens is 1. The number of nitrogens with one attached hydrogen (secondary N) is 1. The molecule has 124 valence electrons. The van der Waals surface area contributed by atoms with Crippen LogP contribution in [0.3, 0.4) is 0 Å². The van der Waals surface area contributed by atoms with Crippen molar-refractivity contribution in [1.82, 2.24) is 19.7 Å². The fourth-order valence-electron chi connectivity index (χ4n) is 2.51. The molecule has 0 atom stereocenters. The highest BCUT2D eigenvalue weighted by Gasteiger charge is 2.11. The molecule has 1 aromatic carbocycles. The summed E-state index contributed by atoms with van der Waals surface area (Å²) in [5, 5.41) is 7.79. The molecule has 0 spiro atoms. The van der Waals surface area contributed by atoms with Crippen molar-refractivity contribution in [2.24, 2.45) is 0 Å². The van der Waals surface area contributed by atoms with Gasteiger partial charge >= 0.3 is 0 Å². The van der Waals surface area contributed by atoms with Crippen molar-refractivity contribution < 1.29 is 4.79 Å². The molecular weight excluding hydrogens is 324 g/mol. The summed E-state index contributed by atoms with van der Waals surface area (Å²) >= 11 is 6.09. The zero-order valence-electron chi connectivity index (χ0n) is 13.7. The van der Waals surface area contributed by atoms with E-state index in [0.717, 1.165) is 22.6 Å². The minimum Gasteiger partial charge on any atom is -0.350 e. The Hall–Kier alpha value is -2.53. The van der Waals surface area contributed by atoms with E-state index in [1.54, 1.807) is 4.68 Å². The van der Waals surface area contributed by atoms with Crippen LogP contribution in [0.1, 0.15) is 17.0 Å². The van der Waals surface area contributed by atoms with Crippen molar-refractivity contribution in [2.45, 2.75) is 26.9 Å². The number of hydrogen-bond acceptors (Lipinski definition) is 2. The van der Waals surface area contributed by atoms with Crippen LogP contribution in [-0.4, -0.2) is 20.3 Å². The average molecular weight is 343 g/mol. The van der Waals surface area contributed by atoms with E-state index in [4.69, 9.17) is 11.6 Å². The fourth-order valence-corrected chi connectivity index (χ4v) is 2.65. The van der Waals surface area contributed by atoms with Gasteiger partial charge in [-0.25, -0.2) is 0 Å². The molecule has 1 N–H and O–H groups in total. The summed E-state index contributed by atoms with van der Waals surface area (Å²) in [6, 6.07) is 12.1. The highest BCUT2D eigenvalue weighted by Crippen LogP contribution is 2.18. The number of benzene rings is 1. The van der Waals surface area contributed by atoms with Gasteiger partial charge in [0.15, 0.2) is 0 Å². The monoisotopic (exact) mass is 342 g/mol. The van der Waals surface area contributed by atoms with Crippen molar-refractivity contribution in [3.8, 4) is 5.69 Å². The van der Waals surface area contributed by atoms with Crippen LogP contribution >= 0.6 is 11.6 Å². The summed E-state index contributed by atoms with van der Waals surface area (Å²) in [6.07, 6.45) is 3.99. The maximum atomic E-state index is 12.1. The van der Waals surface area contributed by atoms with Gasteiger partial charge in [0.2, 0.25) is 5.91 Å². The third kappa shape index (κ3) is 3.51. The molecule has 0 bridgehead atoms. The summed E-state index contributed by atoms with van der Waals surface area (Å²) < 4.78 is 3.66. The molecule has 3 aromatic rings. The second-order valence-corrected chi connectivity index (χ2v) is 6.05. The molecule has 0 saturated heterocycles. The van der Waals surface area contributed by atoms with Crippen molar-refractivity contribution in [1.29, 1.82) is 0 Å². The highest BCUT2D eigenvalue weighted by molar-refractivity contribution is 6.31. The van der Waals surface area contributed by atoms with Crippen LogP contribution < -0.4 is 5.32 Å². The van der Waals surface area contributed by atoms with Gasteiger partial charge in [-0.1, -0.05) is 23.7 Å². The zero-order valence-corrected chi connectivity index (χ0v) is 14.4. The number of rotatable bonds is 5. The largest absolute Gasteiger partial charge is 0.350 e. The first kappa shape index (κ1) is 16.3. The Kier molecular flexibility index (Phi) is 4.71. The Morgan fingerprint density at radius 1 is 1.17 bits per heavy atom. The van der Waals surface area contributed by atoms with Crippen LogP contribution in [0, 0.1) is 13.8 Å². The number of carbonyl (C=O) groups is 1. The number of aryl methyl sites for hydroxylation is 1. The Labute approximate surface area is 145 Å². The molecule has 3 rings (SSSR count). The molecule has 0 aliphatic heterocycles. The molecule has 24 heavy (non-hydrogen) atoms. The molecule has 0 saturated carbocycles. The van der Waals surface area contributed by atoms with Crippen LogP contribution in [0.4, 0.5) is 0 Å². The van der Waals surface area contributed by atoms with Crippen LogP contribution in [-0.2, 0) is 17.9 Å². The molecule has 0 unspecified atom stereocenters. The maximum Gasteiger partial charge on any atom is 0.242 e. The molecular formula is C18H19ClN4O. The second-order valence-electron chi connectivity index (χ2n) is 5.68. The predicted molar refractivity (Wildman–Crippen MR) is 94.3 cm³/mol. The molecule has 1 amide bonds. The summed E-state index contributed by atoms with van der Waals surface area (Å²) in [7, 11) is 0. The minimum atomic E-state index is -0.0910. The van der Waals surface area contributed by atoms with E-state index in [0.29, 0.717) is 11.6 Å². The van der Waals surface area contributed by atoms with Gasteiger partial charge in [0, 0.05) is 24.6 Å². The summed E-state index contributed by atoms with van der Waals surface area (Å²) in [6.45, 7) is 4.34. The molecule has 0 aliphatic rings. The molecule has 5 nitrogen and oxygen atoms in total. The summed E-state index contributed by atoms with van der Waals surface area (Å²) in [4.78, 5) is 12.1. The van der Waals surface area contributed by atoms with Gasteiger partial charge in [0.05, 0.1) is 16.4 Å². The Morgan fingerprint density at radius 2 is 1.83 bits per heavy atom. The number of nitrogens with zero attached hydrogens (tertiary/aromatic N) is 3. The standard InChI is InChI=1S/C18H19ClN4O/c1-13-18(19)14(2)23(21-13)12-17(24)20-11-15-5-7-16(8-6-15)22-9-3-4-10-22/h3-10H,11-12H2,1-2H3,(H,20,24). The fraction of sp³-hybridized carbons (Fsp3) is 0.222. The molecule has 0 aliphatic carbocycles. The lowest BCUT2D eigenvalue weighted by molar-refractivity contribution is -0.122. The summed E-state index contributed by atoms with van der Waals surface area (Å²) in [5.41, 5.74) is 3.68. The predicted octanol–water partition coefficient (Wildman–Crippen LogP) is 3.26. The number of carbonyl (C=O) groups excluding carboxylic acids is 1. The number of amides is 1. The minimum absolute atomic E-state index is 0.0910. The SMILES string of the molecule is Cc1nn(CC(=O)NCc2ccc(-n3cccc3)cc2)c(C)c1Cl. The molecule has 2 aromatic heterocycles. The number of aromatic nitrogens is 3. The smallest absolute Gasteiger partial charge is 0.242 e. The van der Waals surface area contributed by atoms with Gasteiger partial charge in [-0.2, -0.15) is 5.10 Å². The van der Waals surface area contributed by atoms with Crippen molar-refractivity contribution in [3.05, 3.63) is 70.8 Å². The molecule has 0 radical (unpaired) electrons. The Balaban J connectivity index is 1.57. The van der Waals surface area contributed by atoms with Gasteiger partial charge in [0.25, 0.3) is 0 Å². The van der Waals surface area contributed by atoms with E-state index in [2.05, 4.69) is 10.4 Å². The quantitative estimate of drug-likeness (QED) is 0.773. The van der Waals surface area contributed by atoms with E-state index >= 15 is 0 Å². The van der Waals surface area contributed by atoms with Gasteiger partial charge < -0.3 is 9.88 Å². The lowest BCUT2D eigenvalue weighted by Gasteiger charge is -2.08. The van der Waals surface area contributed by atoms with Gasteiger partial charge in [-0.3, -0.25) is 9.48 Å². The van der Waals surface area contributed by atoms with Crippen LogP contribution in [0.25, 0.3) is 5.69 Å². The van der Waals surface area contributed by atoms with Gasteiger partial charge in [0.1, 0.15) is 6.54 Å². The molecule has 2 heterocycles. The van der Waals surface area contributed by atoms with E-state index in [9.17, 15) is 4.79 Å². The number of hydrogen-bond donors (Lipinski definition) is 1. The van der Waals surface area contributed by atoms with E-state index in [1.807, 2.05) is 67.2 Å². The van der Waals surface area contributed by atoms with E-state index < -0.39 is 0 Å². The Morgan fingerprint density at radius 3 is 2.42 bits per heavy atom. The molecule has 0 fully saturated rings. The van der Waals surface area contributed by atoms with Crippen molar-refractivity contribution in [3.63, 3.8) is 0 Å². The summed E-state index contributed by atoms with van der Waals surface area (Å²) in [5.74, 6) is -0.0910. The highest BCUT2D eigenvalue weighted by atomic mass is 35.5. The first-order valence-corrected chi connectivity index (χ1v) is 8.11. The Bertz CT molecular complexity index is 835. The van der Waals surface area contributed by atoms with Gasteiger partial charge in [-0.05, 0) is 43.7 Å². The topological polar surface area (TPSA) is 51.9 Å². The third-order valence-electron chi connectivity index (χ3n) is 3.92. The van der Waals surface area contributed by atoms with E-state index in [-0.39, 0.29) is 12.5 Å². The second kappa shape index (κ2) is 6.93. The van der Waals surface area contributed by atoms with Gasteiger partial charge in [-0.15, -0.1) is 0 Å². The zero-order chi connectivity index (χ0) is 17.1. The lowest BCUT2D eigenvalue weighted by Crippen LogP contribution is -2.28. The first-order valence-electron chi connectivity index (χ1n) is 7.73. The third-order valence-corrected chi connectivity index (χ3v) is 4.46. The van der Waals surface area contributed by atoms with E-state index in [1.165, 1.54) is 0 Å². The normalized spacial score (nSPS) is 10.8. The van der Waals surface area contributed by atoms with Crippen molar-refractivity contribution >= 4 is 17.5 Å². The maximum absolute atomic E-state index is 12.1. The van der Waals surface area contributed by atoms with Crippen LogP contribution in [0.5, 0.6) is 0 Å². The molecule has 6 heteroatoms.